The van der Waals surface area contributed by atoms with E-state index in [0.717, 1.165) is 5.82 Å². The summed E-state index contributed by atoms with van der Waals surface area (Å²) in [5, 5.41) is 2.78. The van der Waals surface area contributed by atoms with Crippen LogP contribution in [0.3, 0.4) is 0 Å². The summed E-state index contributed by atoms with van der Waals surface area (Å²) in [5.41, 5.74) is 0.903. The SMILES string of the molecule is CC1(C)CN(c2ccc3c(n2)NC(=O)CO3)[C@H](c2ccccc2)CO1. The van der Waals surface area contributed by atoms with E-state index in [9.17, 15) is 4.79 Å². The highest BCUT2D eigenvalue weighted by molar-refractivity contribution is 5.94. The van der Waals surface area contributed by atoms with Gasteiger partial charge in [0, 0.05) is 6.54 Å². The van der Waals surface area contributed by atoms with Gasteiger partial charge in [0.15, 0.2) is 18.2 Å². The molecule has 0 spiro atoms. The average molecular weight is 339 g/mol. The van der Waals surface area contributed by atoms with Crippen molar-refractivity contribution in [1.82, 2.24) is 4.98 Å². The number of nitrogens with zero attached hydrogens (tertiary/aromatic N) is 2. The summed E-state index contributed by atoms with van der Waals surface area (Å²) in [6.07, 6.45) is 0. The number of morpholine rings is 1. The Morgan fingerprint density at radius 2 is 2.00 bits per heavy atom. The predicted molar refractivity (Wildman–Crippen MR) is 94.9 cm³/mol. The Balaban J connectivity index is 1.71. The fourth-order valence-corrected chi connectivity index (χ4v) is 3.27. The zero-order valence-corrected chi connectivity index (χ0v) is 14.4. The number of benzene rings is 1. The largest absolute Gasteiger partial charge is 0.480 e. The third-order valence-corrected chi connectivity index (χ3v) is 4.50. The van der Waals surface area contributed by atoms with Crippen LogP contribution in [0.1, 0.15) is 25.5 Å². The van der Waals surface area contributed by atoms with Crippen molar-refractivity contribution in [2.75, 3.05) is 30.0 Å². The third-order valence-electron chi connectivity index (χ3n) is 4.50. The van der Waals surface area contributed by atoms with E-state index in [-0.39, 0.29) is 24.2 Å². The van der Waals surface area contributed by atoms with Crippen molar-refractivity contribution in [2.45, 2.75) is 25.5 Å². The molecule has 1 aromatic heterocycles. The Labute approximate surface area is 146 Å². The van der Waals surface area contributed by atoms with Crippen molar-refractivity contribution in [3.63, 3.8) is 0 Å². The summed E-state index contributed by atoms with van der Waals surface area (Å²) < 4.78 is 11.5. The number of carbonyl (C=O) groups excluding carboxylic acids is 1. The van der Waals surface area contributed by atoms with Crippen LogP contribution in [0.4, 0.5) is 11.6 Å². The molecule has 2 aliphatic rings. The Hall–Kier alpha value is -2.60. The average Bonchev–Trinajstić information content (AvgIpc) is 2.61. The second kappa shape index (κ2) is 6.04. The number of ether oxygens (including phenoxy) is 2. The highest BCUT2D eigenvalue weighted by atomic mass is 16.5. The molecule has 2 aromatic rings. The first-order valence-electron chi connectivity index (χ1n) is 8.41. The van der Waals surface area contributed by atoms with Gasteiger partial charge in [0.2, 0.25) is 0 Å². The smallest absolute Gasteiger partial charge is 0.263 e. The Morgan fingerprint density at radius 3 is 2.80 bits per heavy atom. The predicted octanol–water partition coefficient (Wildman–Crippen LogP) is 2.77. The molecule has 1 N–H and O–H groups in total. The lowest BCUT2D eigenvalue weighted by Crippen LogP contribution is -2.50. The monoisotopic (exact) mass is 339 g/mol. The van der Waals surface area contributed by atoms with Gasteiger partial charge in [-0.3, -0.25) is 4.79 Å². The maximum absolute atomic E-state index is 11.6. The number of hydrogen-bond donors (Lipinski definition) is 1. The van der Waals surface area contributed by atoms with Crippen LogP contribution in [0.15, 0.2) is 42.5 Å². The number of anilines is 2. The Morgan fingerprint density at radius 1 is 1.20 bits per heavy atom. The van der Waals surface area contributed by atoms with Gasteiger partial charge in [-0.05, 0) is 31.5 Å². The van der Waals surface area contributed by atoms with Crippen molar-refractivity contribution in [3.8, 4) is 5.75 Å². The molecule has 1 saturated heterocycles. The summed E-state index contributed by atoms with van der Waals surface area (Å²) in [6.45, 7) is 5.46. The van der Waals surface area contributed by atoms with E-state index < -0.39 is 0 Å². The van der Waals surface area contributed by atoms with Gasteiger partial charge in [-0.15, -0.1) is 0 Å². The maximum atomic E-state index is 11.6. The molecule has 3 heterocycles. The van der Waals surface area contributed by atoms with Crippen LogP contribution in [0.2, 0.25) is 0 Å². The molecule has 0 unspecified atom stereocenters. The highest BCUT2D eigenvalue weighted by Gasteiger charge is 2.36. The topological polar surface area (TPSA) is 63.7 Å². The van der Waals surface area contributed by atoms with Gasteiger partial charge in [-0.1, -0.05) is 30.3 Å². The fraction of sp³-hybridized carbons (Fsp3) is 0.368. The molecule has 1 atom stereocenters. The Kier molecular flexibility index (Phi) is 3.84. The van der Waals surface area contributed by atoms with Crippen molar-refractivity contribution < 1.29 is 14.3 Å². The number of pyridine rings is 1. The number of nitrogens with one attached hydrogen (secondary N) is 1. The van der Waals surface area contributed by atoms with E-state index >= 15 is 0 Å². The van der Waals surface area contributed by atoms with E-state index in [1.165, 1.54) is 5.56 Å². The standard InChI is InChI=1S/C19H21N3O3/c1-19(2)12-22(14(10-25-19)13-6-4-3-5-7-13)16-9-8-15-18(20-16)21-17(23)11-24-15/h3-9,14H,10-12H2,1-2H3,(H,20,21,23)/t14-/m0/s1. The van der Waals surface area contributed by atoms with Crippen LogP contribution in [-0.2, 0) is 9.53 Å². The Bertz CT molecular complexity index is 792. The van der Waals surface area contributed by atoms with Gasteiger partial charge in [-0.25, -0.2) is 4.98 Å². The van der Waals surface area contributed by atoms with Gasteiger partial charge < -0.3 is 19.7 Å². The summed E-state index contributed by atoms with van der Waals surface area (Å²) in [7, 11) is 0. The van der Waals surface area contributed by atoms with Crippen LogP contribution >= 0.6 is 0 Å². The lowest BCUT2D eigenvalue weighted by Gasteiger charge is -2.44. The normalized spacial score (nSPS) is 21.9. The quantitative estimate of drug-likeness (QED) is 0.911. The van der Waals surface area contributed by atoms with Gasteiger partial charge in [0.05, 0.1) is 18.2 Å². The molecule has 0 aliphatic carbocycles. The third kappa shape index (κ3) is 3.17. The first kappa shape index (κ1) is 15.9. The van der Waals surface area contributed by atoms with Crippen LogP contribution in [0.25, 0.3) is 0 Å². The lowest BCUT2D eigenvalue weighted by atomic mass is 9.99. The van der Waals surface area contributed by atoms with Crippen LogP contribution < -0.4 is 15.0 Å². The molecule has 130 valence electrons. The number of hydrogen-bond acceptors (Lipinski definition) is 5. The van der Waals surface area contributed by atoms with Crippen molar-refractivity contribution in [3.05, 3.63) is 48.0 Å². The molecule has 0 bridgehead atoms. The minimum Gasteiger partial charge on any atom is -0.480 e. The molecule has 6 heteroatoms. The maximum Gasteiger partial charge on any atom is 0.263 e. The van der Waals surface area contributed by atoms with E-state index in [4.69, 9.17) is 9.47 Å². The number of rotatable bonds is 2. The summed E-state index contributed by atoms with van der Waals surface area (Å²) in [4.78, 5) is 18.5. The molecule has 0 radical (unpaired) electrons. The van der Waals surface area contributed by atoms with E-state index in [1.807, 2.05) is 30.3 Å². The first-order chi connectivity index (χ1) is 12.0. The molecule has 1 amide bonds. The molecule has 4 rings (SSSR count). The second-order valence-electron chi connectivity index (χ2n) is 6.98. The van der Waals surface area contributed by atoms with Gasteiger partial charge >= 0.3 is 0 Å². The number of aromatic nitrogens is 1. The van der Waals surface area contributed by atoms with E-state index in [1.54, 1.807) is 0 Å². The molecular weight excluding hydrogens is 318 g/mol. The molecule has 6 nitrogen and oxygen atoms in total. The van der Waals surface area contributed by atoms with Crippen molar-refractivity contribution in [1.29, 1.82) is 0 Å². The molecule has 25 heavy (non-hydrogen) atoms. The van der Waals surface area contributed by atoms with Crippen LogP contribution in [0, 0.1) is 0 Å². The van der Waals surface area contributed by atoms with E-state index in [2.05, 4.69) is 41.2 Å². The molecule has 1 aromatic carbocycles. The van der Waals surface area contributed by atoms with Gasteiger partial charge in [0.25, 0.3) is 5.91 Å². The van der Waals surface area contributed by atoms with Crippen LogP contribution in [0.5, 0.6) is 5.75 Å². The zero-order chi connectivity index (χ0) is 17.4. The first-order valence-corrected chi connectivity index (χ1v) is 8.41. The minimum atomic E-state index is -0.275. The highest BCUT2D eigenvalue weighted by Crippen LogP contribution is 2.36. The number of fused-ring (bicyclic) bond motifs is 1. The zero-order valence-electron chi connectivity index (χ0n) is 14.4. The van der Waals surface area contributed by atoms with Crippen LogP contribution in [-0.4, -0.2) is 36.3 Å². The molecule has 1 fully saturated rings. The minimum absolute atomic E-state index is 0.0330. The number of carbonyl (C=O) groups is 1. The second-order valence-corrected chi connectivity index (χ2v) is 6.98. The fourth-order valence-electron chi connectivity index (χ4n) is 3.27. The van der Waals surface area contributed by atoms with E-state index in [0.29, 0.717) is 24.7 Å². The molecule has 2 aliphatic heterocycles. The van der Waals surface area contributed by atoms with Crippen molar-refractivity contribution in [2.24, 2.45) is 0 Å². The molecular formula is C19H21N3O3. The number of amides is 1. The summed E-state index contributed by atoms with van der Waals surface area (Å²) in [6, 6.07) is 14.1. The summed E-state index contributed by atoms with van der Waals surface area (Å²) >= 11 is 0. The molecule has 0 saturated carbocycles. The van der Waals surface area contributed by atoms with Gasteiger partial charge in [0.1, 0.15) is 5.82 Å². The summed E-state index contributed by atoms with van der Waals surface area (Å²) in [5.74, 6) is 1.70. The van der Waals surface area contributed by atoms with Gasteiger partial charge in [-0.2, -0.15) is 0 Å². The lowest BCUT2D eigenvalue weighted by molar-refractivity contribution is -0.118. The van der Waals surface area contributed by atoms with Crippen molar-refractivity contribution >= 4 is 17.5 Å².